The zero-order valence-corrected chi connectivity index (χ0v) is 12.9. The summed E-state index contributed by atoms with van der Waals surface area (Å²) in [6.45, 7) is 3.68. The molecule has 7 heteroatoms. The van der Waals surface area contributed by atoms with Gasteiger partial charge in [-0.05, 0) is 31.0 Å². The van der Waals surface area contributed by atoms with Gasteiger partial charge in [0, 0.05) is 22.5 Å². The van der Waals surface area contributed by atoms with Gasteiger partial charge in [-0.2, -0.15) is 0 Å². The van der Waals surface area contributed by atoms with E-state index in [1.807, 2.05) is 0 Å². The van der Waals surface area contributed by atoms with Gasteiger partial charge in [-0.1, -0.05) is 24.2 Å². The molecule has 6 nitrogen and oxygen atoms in total. The van der Waals surface area contributed by atoms with Crippen molar-refractivity contribution in [2.75, 3.05) is 5.32 Å². The summed E-state index contributed by atoms with van der Waals surface area (Å²) in [5.41, 5.74) is 1.30. The Morgan fingerprint density at radius 2 is 2.09 bits per heavy atom. The van der Waals surface area contributed by atoms with Crippen molar-refractivity contribution in [2.24, 2.45) is 0 Å². The lowest BCUT2D eigenvalue weighted by molar-refractivity contribution is -0.146. The van der Waals surface area contributed by atoms with Gasteiger partial charge in [0.2, 0.25) is 5.91 Å². The second-order valence-corrected chi connectivity index (χ2v) is 5.79. The van der Waals surface area contributed by atoms with Gasteiger partial charge in [0.05, 0.1) is 0 Å². The summed E-state index contributed by atoms with van der Waals surface area (Å²) in [6, 6.07) is 5.99. The van der Waals surface area contributed by atoms with Crippen molar-refractivity contribution in [3.63, 3.8) is 0 Å². The zero-order chi connectivity index (χ0) is 16.6. The molecule has 2 heterocycles. The quantitative estimate of drug-likeness (QED) is 0.828. The molecule has 1 atom stereocenters. The van der Waals surface area contributed by atoms with Crippen LogP contribution in [0, 0.1) is 0 Å². The third-order valence-electron chi connectivity index (χ3n) is 3.69. The minimum Gasteiger partial charge on any atom is -0.351 e. The summed E-state index contributed by atoms with van der Waals surface area (Å²) in [7, 11) is 0. The van der Waals surface area contributed by atoms with E-state index in [1.54, 1.807) is 24.3 Å². The fourth-order valence-corrected chi connectivity index (χ4v) is 2.79. The third-order valence-corrected chi connectivity index (χ3v) is 3.93. The number of piperidine rings is 1. The van der Waals surface area contributed by atoms with E-state index in [4.69, 9.17) is 11.6 Å². The monoisotopic (exact) mass is 331 g/mol. The van der Waals surface area contributed by atoms with E-state index in [1.165, 1.54) is 6.08 Å². The molecule has 1 fully saturated rings. The van der Waals surface area contributed by atoms with E-state index in [9.17, 15) is 14.4 Å². The van der Waals surface area contributed by atoms with Gasteiger partial charge in [0.1, 0.15) is 11.7 Å². The second kappa shape index (κ2) is 5.89. The van der Waals surface area contributed by atoms with E-state index >= 15 is 0 Å². The minimum absolute atomic E-state index is 0.120. The molecule has 0 aromatic heterocycles. The van der Waals surface area contributed by atoms with Gasteiger partial charge in [-0.3, -0.25) is 19.3 Å². The fourth-order valence-electron chi connectivity index (χ4n) is 2.60. The molecule has 0 bridgehead atoms. The molecule has 23 heavy (non-hydrogen) atoms. The molecule has 0 spiro atoms. The maximum atomic E-state index is 12.5. The lowest BCUT2D eigenvalue weighted by Crippen LogP contribution is -2.52. The van der Waals surface area contributed by atoms with Crippen LogP contribution in [0.5, 0.6) is 0 Å². The number of anilines is 1. The van der Waals surface area contributed by atoms with Crippen molar-refractivity contribution in [3.8, 4) is 0 Å². The van der Waals surface area contributed by atoms with Crippen LogP contribution in [0.3, 0.4) is 0 Å². The first-order chi connectivity index (χ1) is 11.0. The van der Waals surface area contributed by atoms with E-state index < -0.39 is 17.9 Å². The molecule has 3 rings (SSSR count). The Morgan fingerprint density at radius 3 is 2.78 bits per heavy atom. The normalized spacial score (nSPS) is 21.3. The number of allylic oxidation sites excluding steroid dienone is 1. The van der Waals surface area contributed by atoms with Crippen LogP contribution in [0.1, 0.15) is 12.8 Å². The first-order valence-corrected chi connectivity index (χ1v) is 7.44. The second-order valence-electron chi connectivity index (χ2n) is 5.35. The Morgan fingerprint density at radius 1 is 1.30 bits per heavy atom. The molecule has 0 saturated carbocycles. The van der Waals surface area contributed by atoms with E-state index in [-0.39, 0.29) is 11.6 Å². The molecular weight excluding hydrogens is 318 g/mol. The van der Waals surface area contributed by atoms with Crippen molar-refractivity contribution in [3.05, 3.63) is 53.3 Å². The first kappa shape index (κ1) is 15.3. The highest BCUT2D eigenvalue weighted by Gasteiger charge is 2.41. The summed E-state index contributed by atoms with van der Waals surface area (Å²) >= 11 is 5.90. The van der Waals surface area contributed by atoms with Gasteiger partial charge >= 0.3 is 0 Å². The molecular formula is C16H14ClN3O3. The Kier molecular flexibility index (Phi) is 3.92. The average molecular weight is 332 g/mol. The van der Waals surface area contributed by atoms with E-state index in [2.05, 4.69) is 17.2 Å². The van der Waals surface area contributed by atoms with Crippen molar-refractivity contribution in [1.82, 2.24) is 10.2 Å². The molecule has 3 amide bonds. The zero-order valence-electron chi connectivity index (χ0n) is 12.1. The maximum absolute atomic E-state index is 12.5. The van der Waals surface area contributed by atoms with Crippen LogP contribution in [0.25, 0.3) is 0 Å². The van der Waals surface area contributed by atoms with Crippen molar-refractivity contribution < 1.29 is 14.4 Å². The molecule has 1 saturated heterocycles. The molecule has 0 aliphatic carbocycles. The molecule has 1 aromatic rings. The van der Waals surface area contributed by atoms with E-state index in [0.717, 1.165) is 4.90 Å². The average Bonchev–Trinajstić information content (AvgIpc) is 2.74. The number of amides is 3. The number of rotatable bonds is 3. The molecule has 2 aliphatic rings. The number of hydrogen-bond acceptors (Lipinski definition) is 4. The van der Waals surface area contributed by atoms with Gasteiger partial charge < -0.3 is 10.6 Å². The lowest BCUT2D eigenvalue weighted by Gasteiger charge is -2.29. The minimum atomic E-state index is -0.810. The number of imide groups is 1. The molecule has 2 N–H and O–H groups in total. The van der Waals surface area contributed by atoms with Crippen LogP contribution >= 0.6 is 11.6 Å². The summed E-state index contributed by atoms with van der Waals surface area (Å²) in [6.07, 6.45) is 2.10. The number of nitrogens with zero attached hydrogens (tertiary/aromatic N) is 1. The number of hydrogen-bond donors (Lipinski definition) is 2. The maximum Gasteiger partial charge on any atom is 0.278 e. The highest BCUT2D eigenvalue weighted by atomic mass is 35.5. The molecule has 1 unspecified atom stereocenters. The topological polar surface area (TPSA) is 78.5 Å². The summed E-state index contributed by atoms with van der Waals surface area (Å²) in [5, 5.41) is 5.96. The Labute approximate surface area is 137 Å². The Hall–Kier alpha value is -2.60. The summed E-state index contributed by atoms with van der Waals surface area (Å²) in [5.74, 6) is -1.42. The number of halogens is 1. The largest absolute Gasteiger partial charge is 0.351 e. The van der Waals surface area contributed by atoms with Crippen molar-refractivity contribution in [1.29, 1.82) is 0 Å². The fraction of sp³-hybridized carbons (Fsp3) is 0.188. The molecule has 2 aliphatic heterocycles. The van der Waals surface area contributed by atoms with Crippen molar-refractivity contribution >= 4 is 35.0 Å². The van der Waals surface area contributed by atoms with Crippen LogP contribution in [0.15, 0.2) is 48.3 Å². The SMILES string of the molecule is C=C1CCC(N2C(=O)C=C(Nc3cccc(Cl)c3)C2=O)C(=O)N1. The van der Waals surface area contributed by atoms with Crippen LogP contribution in [-0.4, -0.2) is 28.7 Å². The lowest BCUT2D eigenvalue weighted by atomic mass is 10.0. The number of carbonyl (C=O) groups excluding carboxylic acids is 3. The number of carbonyl (C=O) groups is 3. The van der Waals surface area contributed by atoms with Gasteiger partial charge in [0.25, 0.3) is 11.8 Å². The Balaban J connectivity index is 1.77. The number of nitrogens with one attached hydrogen (secondary N) is 2. The van der Waals surface area contributed by atoms with E-state index in [0.29, 0.717) is 29.2 Å². The molecule has 1 aromatic carbocycles. The van der Waals surface area contributed by atoms with Gasteiger partial charge in [-0.25, -0.2) is 0 Å². The van der Waals surface area contributed by atoms with Crippen molar-refractivity contribution in [2.45, 2.75) is 18.9 Å². The smallest absolute Gasteiger partial charge is 0.278 e. The highest BCUT2D eigenvalue weighted by molar-refractivity contribution is 6.30. The molecule has 118 valence electrons. The van der Waals surface area contributed by atoms with Crippen LogP contribution < -0.4 is 10.6 Å². The van der Waals surface area contributed by atoms with Crippen LogP contribution in [-0.2, 0) is 14.4 Å². The summed E-state index contributed by atoms with van der Waals surface area (Å²) < 4.78 is 0. The van der Waals surface area contributed by atoms with Crippen LogP contribution in [0.2, 0.25) is 5.02 Å². The summed E-state index contributed by atoms with van der Waals surface area (Å²) in [4.78, 5) is 37.6. The molecule has 0 radical (unpaired) electrons. The van der Waals surface area contributed by atoms with Gasteiger partial charge in [0.15, 0.2) is 0 Å². The third kappa shape index (κ3) is 2.98. The highest BCUT2D eigenvalue weighted by Crippen LogP contribution is 2.24. The first-order valence-electron chi connectivity index (χ1n) is 7.06. The Bertz CT molecular complexity index is 757. The predicted molar refractivity (Wildman–Crippen MR) is 85.3 cm³/mol. The van der Waals surface area contributed by atoms with Gasteiger partial charge in [-0.15, -0.1) is 0 Å². The standard InChI is InChI=1S/C16H14ClN3O3/c1-9-5-6-13(15(22)18-9)20-14(21)8-12(16(20)23)19-11-4-2-3-10(17)7-11/h2-4,7-8,13,19H,1,5-6H2,(H,18,22). The van der Waals surface area contributed by atoms with Crippen LogP contribution in [0.4, 0.5) is 5.69 Å². The predicted octanol–water partition coefficient (Wildman–Crippen LogP) is 1.80. The number of benzene rings is 1.